The first kappa shape index (κ1) is 14.4. The largest absolute Gasteiger partial charge is 0.396 e. The van der Waals surface area contributed by atoms with E-state index in [9.17, 15) is 10.1 Å². The van der Waals surface area contributed by atoms with E-state index in [2.05, 4.69) is 10.4 Å². The maximum Gasteiger partial charge on any atom is 0.333 e. The second-order valence-electron chi connectivity index (χ2n) is 4.68. The molecule has 0 bridgehead atoms. The van der Waals surface area contributed by atoms with E-state index >= 15 is 0 Å². The molecule has 0 radical (unpaired) electrons. The van der Waals surface area contributed by atoms with Gasteiger partial charge in [-0.05, 0) is 26.7 Å². The molecule has 1 unspecified atom stereocenters. The summed E-state index contributed by atoms with van der Waals surface area (Å²) in [5.74, 6) is 0.385. The van der Waals surface area contributed by atoms with Crippen LogP contribution < -0.4 is 5.32 Å². The SMILES string of the molecule is CCC(C)(CCO)Nc1c([N+](=O)[O-])c(C)nn1C. The summed E-state index contributed by atoms with van der Waals surface area (Å²) in [6.45, 7) is 5.54. The maximum atomic E-state index is 11.1. The number of nitrogens with one attached hydrogen (secondary N) is 1. The van der Waals surface area contributed by atoms with Crippen molar-refractivity contribution in [2.45, 2.75) is 39.2 Å². The van der Waals surface area contributed by atoms with Crippen LogP contribution in [0.5, 0.6) is 0 Å². The van der Waals surface area contributed by atoms with Gasteiger partial charge in [0.15, 0.2) is 0 Å². The number of hydrogen-bond donors (Lipinski definition) is 2. The van der Waals surface area contributed by atoms with Crippen molar-refractivity contribution in [3.63, 3.8) is 0 Å². The predicted molar refractivity (Wildman–Crippen MR) is 68.6 cm³/mol. The van der Waals surface area contributed by atoms with Crippen molar-refractivity contribution >= 4 is 11.5 Å². The van der Waals surface area contributed by atoms with Crippen molar-refractivity contribution in [3.8, 4) is 0 Å². The molecule has 18 heavy (non-hydrogen) atoms. The van der Waals surface area contributed by atoms with Crippen LogP contribution in [0.15, 0.2) is 0 Å². The third kappa shape index (κ3) is 2.79. The van der Waals surface area contributed by atoms with Crippen molar-refractivity contribution in [1.29, 1.82) is 0 Å². The van der Waals surface area contributed by atoms with E-state index in [4.69, 9.17) is 5.11 Å². The number of aliphatic hydroxyl groups excluding tert-OH is 1. The van der Waals surface area contributed by atoms with E-state index in [1.807, 2.05) is 13.8 Å². The zero-order valence-electron chi connectivity index (χ0n) is 11.2. The van der Waals surface area contributed by atoms with Gasteiger partial charge in [-0.1, -0.05) is 6.92 Å². The summed E-state index contributed by atoms with van der Waals surface area (Å²) in [6.07, 6.45) is 1.26. The highest BCUT2D eigenvalue weighted by Gasteiger charge is 2.30. The highest BCUT2D eigenvalue weighted by atomic mass is 16.6. The number of aliphatic hydroxyl groups is 1. The molecule has 0 aliphatic heterocycles. The third-order valence-electron chi connectivity index (χ3n) is 3.24. The fourth-order valence-electron chi connectivity index (χ4n) is 1.87. The number of aryl methyl sites for hydroxylation is 2. The number of rotatable bonds is 6. The molecule has 0 saturated heterocycles. The Balaban J connectivity index is 3.13. The number of anilines is 1. The molecule has 1 aromatic rings. The molecule has 0 aliphatic carbocycles. The Labute approximate surface area is 106 Å². The van der Waals surface area contributed by atoms with E-state index in [1.54, 1.807) is 14.0 Å². The van der Waals surface area contributed by atoms with Gasteiger partial charge < -0.3 is 10.4 Å². The van der Waals surface area contributed by atoms with Crippen LogP contribution in [-0.2, 0) is 7.05 Å². The molecule has 1 aromatic heterocycles. The van der Waals surface area contributed by atoms with Gasteiger partial charge in [0.2, 0.25) is 5.82 Å². The highest BCUT2D eigenvalue weighted by Crippen LogP contribution is 2.31. The van der Waals surface area contributed by atoms with Gasteiger partial charge in [0, 0.05) is 19.2 Å². The first-order valence-corrected chi connectivity index (χ1v) is 5.91. The topological polar surface area (TPSA) is 93.2 Å². The average Bonchev–Trinajstić information content (AvgIpc) is 2.54. The van der Waals surface area contributed by atoms with Crippen LogP contribution in [0, 0.1) is 17.0 Å². The summed E-state index contributed by atoms with van der Waals surface area (Å²) in [5, 5.41) is 27.3. The fourth-order valence-corrected chi connectivity index (χ4v) is 1.87. The van der Waals surface area contributed by atoms with Crippen LogP contribution >= 0.6 is 0 Å². The van der Waals surface area contributed by atoms with Gasteiger partial charge in [0.25, 0.3) is 0 Å². The van der Waals surface area contributed by atoms with Crippen LogP contribution in [0.2, 0.25) is 0 Å². The second-order valence-corrected chi connectivity index (χ2v) is 4.68. The van der Waals surface area contributed by atoms with Crippen molar-refractivity contribution in [3.05, 3.63) is 15.8 Å². The van der Waals surface area contributed by atoms with Crippen molar-refractivity contribution < 1.29 is 10.0 Å². The molecule has 0 fully saturated rings. The standard InChI is InChI=1S/C11H20N4O3/c1-5-11(3,6-7-16)12-10-9(15(17)18)8(2)13-14(10)4/h12,16H,5-7H2,1-4H3. The Morgan fingerprint density at radius 1 is 1.61 bits per heavy atom. The monoisotopic (exact) mass is 256 g/mol. The molecule has 2 N–H and O–H groups in total. The van der Waals surface area contributed by atoms with Gasteiger partial charge in [-0.25, -0.2) is 4.68 Å². The Bertz CT molecular complexity index is 444. The lowest BCUT2D eigenvalue weighted by Gasteiger charge is -2.29. The molecule has 7 nitrogen and oxygen atoms in total. The molecule has 0 aromatic carbocycles. The molecule has 0 saturated carbocycles. The molecular formula is C11H20N4O3. The number of aromatic nitrogens is 2. The minimum Gasteiger partial charge on any atom is -0.396 e. The van der Waals surface area contributed by atoms with Gasteiger partial charge in [0.05, 0.1) is 4.92 Å². The van der Waals surface area contributed by atoms with Crippen LogP contribution in [-0.4, -0.2) is 32.0 Å². The Kier molecular flexibility index (Phi) is 4.28. The lowest BCUT2D eigenvalue weighted by atomic mass is 9.95. The molecular weight excluding hydrogens is 236 g/mol. The van der Waals surface area contributed by atoms with Crippen LogP contribution in [0.4, 0.5) is 11.5 Å². The summed E-state index contributed by atoms with van der Waals surface area (Å²) in [6, 6.07) is 0. The third-order valence-corrected chi connectivity index (χ3v) is 3.24. The quantitative estimate of drug-likeness (QED) is 0.595. The van der Waals surface area contributed by atoms with Gasteiger partial charge in [-0.2, -0.15) is 5.10 Å². The molecule has 0 spiro atoms. The zero-order valence-corrected chi connectivity index (χ0v) is 11.2. The van der Waals surface area contributed by atoms with E-state index in [-0.39, 0.29) is 17.8 Å². The van der Waals surface area contributed by atoms with Gasteiger partial charge >= 0.3 is 5.69 Å². The summed E-state index contributed by atoms with van der Waals surface area (Å²) in [4.78, 5) is 10.6. The molecule has 7 heteroatoms. The Hall–Kier alpha value is -1.63. The van der Waals surface area contributed by atoms with E-state index in [0.717, 1.165) is 6.42 Å². The second kappa shape index (κ2) is 5.34. The number of nitro groups is 1. The summed E-state index contributed by atoms with van der Waals surface area (Å²) < 4.78 is 1.47. The molecule has 1 atom stereocenters. The van der Waals surface area contributed by atoms with Gasteiger partial charge in [-0.15, -0.1) is 0 Å². The minimum atomic E-state index is -0.431. The molecule has 0 amide bonds. The lowest BCUT2D eigenvalue weighted by molar-refractivity contribution is -0.384. The zero-order chi connectivity index (χ0) is 13.9. The van der Waals surface area contributed by atoms with Crippen LogP contribution in [0.1, 0.15) is 32.4 Å². The number of hydrogen-bond acceptors (Lipinski definition) is 5. The Morgan fingerprint density at radius 3 is 2.67 bits per heavy atom. The van der Waals surface area contributed by atoms with Crippen molar-refractivity contribution in [2.24, 2.45) is 7.05 Å². The first-order chi connectivity index (χ1) is 8.34. The molecule has 1 heterocycles. The van der Waals surface area contributed by atoms with E-state index in [1.165, 1.54) is 4.68 Å². The van der Waals surface area contributed by atoms with Crippen LogP contribution in [0.25, 0.3) is 0 Å². The fraction of sp³-hybridized carbons (Fsp3) is 0.727. The average molecular weight is 256 g/mol. The van der Waals surface area contributed by atoms with E-state index in [0.29, 0.717) is 17.9 Å². The van der Waals surface area contributed by atoms with Crippen LogP contribution in [0.3, 0.4) is 0 Å². The van der Waals surface area contributed by atoms with Crippen molar-refractivity contribution in [1.82, 2.24) is 9.78 Å². The highest BCUT2D eigenvalue weighted by molar-refractivity contribution is 5.60. The normalized spacial score (nSPS) is 14.3. The van der Waals surface area contributed by atoms with Gasteiger partial charge in [-0.3, -0.25) is 10.1 Å². The smallest absolute Gasteiger partial charge is 0.333 e. The van der Waals surface area contributed by atoms with Crippen molar-refractivity contribution in [2.75, 3.05) is 11.9 Å². The van der Waals surface area contributed by atoms with Gasteiger partial charge in [0.1, 0.15) is 5.69 Å². The Morgan fingerprint density at radius 2 is 2.22 bits per heavy atom. The summed E-state index contributed by atoms with van der Waals surface area (Å²) >= 11 is 0. The van der Waals surface area contributed by atoms with E-state index < -0.39 is 4.92 Å². The first-order valence-electron chi connectivity index (χ1n) is 5.91. The lowest BCUT2D eigenvalue weighted by Crippen LogP contribution is -2.36. The maximum absolute atomic E-state index is 11.1. The minimum absolute atomic E-state index is 0.00452. The predicted octanol–water partition coefficient (Wildman–Crippen LogP) is 1.60. The number of nitrogens with zero attached hydrogens (tertiary/aromatic N) is 3. The molecule has 1 rings (SSSR count). The molecule has 102 valence electrons. The summed E-state index contributed by atoms with van der Waals surface area (Å²) in [7, 11) is 1.66. The molecule has 0 aliphatic rings. The summed E-state index contributed by atoms with van der Waals surface area (Å²) in [5.41, 5.74) is -0.0118.